The van der Waals surface area contributed by atoms with Crippen molar-refractivity contribution in [2.75, 3.05) is 6.54 Å². The normalized spacial score (nSPS) is 17.9. The Hall–Kier alpha value is -1.95. The molecule has 0 unspecified atom stereocenters. The fourth-order valence-electron chi connectivity index (χ4n) is 3.34. The van der Waals surface area contributed by atoms with Gasteiger partial charge in [-0.25, -0.2) is 4.98 Å². The van der Waals surface area contributed by atoms with E-state index < -0.39 is 0 Å². The predicted octanol–water partition coefficient (Wildman–Crippen LogP) is 4.38. The molecule has 4 rings (SSSR count). The van der Waals surface area contributed by atoms with E-state index in [1.54, 1.807) is 11.3 Å². The van der Waals surface area contributed by atoms with Gasteiger partial charge < -0.3 is 10.6 Å². The molecule has 1 atom stereocenters. The number of aromatic nitrogens is 1. The highest BCUT2D eigenvalue weighted by Gasteiger charge is 2.20. The number of fused-ring (bicyclic) bond motifs is 1. The van der Waals surface area contributed by atoms with E-state index in [1.807, 2.05) is 18.2 Å². The number of hydrogen-bond donors (Lipinski definition) is 2. The van der Waals surface area contributed by atoms with Crippen molar-refractivity contribution < 1.29 is 4.79 Å². The Labute approximate surface area is 161 Å². The van der Waals surface area contributed by atoms with Gasteiger partial charge in [-0.15, -0.1) is 0 Å². The maximum absolute atomic E-state index is 12.2. The first-order valence-corrected chi connectivity index (χ1v) is 10.2. The maximum Gasteiger partial charge on any atom is 0.237 e. The van der Waals surface area contributed by atoms with Gasteiger partial charge in [-0.2, -0.15) is 11.3 Å². The first-order valence-electron chi connectivity index (χ1n) is 8.83. The van der Waals surface area contributed by atoms with Crippen LogP contribution in [0, 0.1) is 0 Å². The predicted molar refractivity (Wildman–Crippen MR) is 108 cm³/mol. The average molecular weight is 386 g/mol. The molecule has 0 bridgehead atoms. The minimum Gasteiger partial charge on any atom is -0.355 e. The number of halogens is 1. The molecule has 1 aromatic carbocycles. The number of nitrogens with one attached hydrogen (secondary N) is 2. The molecule has 0 radical (unpaired) electrons. The Morgan fingerprint density at radius 3 is 3.04 bits per heavy atom. The van der Waals surface area contributed by atoms with Crippen LogP contribution in [0.25, 0.3) is 22.2 Å². The lowest BCUT2D eigenvalue weighted by Gasteiger charge is -2.17. The van der Waals surface area contributed by atoms with Crippen LogP contribution >= 0.6 is 22.9 Å². The number of amides is 1. The van der Waals surface area contributed by atoms with Gasteiger partial charge in [0, 0.05) is 34.4 Å². The smallest absolute Gasteiger partial charge is 0.237 e. The summed E-state index contributed by atoms with van der Waals surface area (Å²) in [4.78, 5) is 17.1. The van der Waals surface area contributed by atoms with Crippen LogP contribution in [0.5, 0.6) is 0 Å². The summed E-state index contributed by atoms with van der Waals surface area (Å²) in [7, 11) is 0. The second kappa shape index (κ2) is 7.74. The van der Waals surface area contributed by atoms with Crippen LogP contribution < -0.4 is 10.6 Å². The van der Waals surface area contributed by atoms with E-state index in [9.17, 15) is 4.79 Å². The molecule has 2 N–H and O–H groups in total. The molecule has 1 aliphatic heterocycles. The molecule has 134 valence electrons. The van der Waals surface area contributed by atoms with Crippen LogP contribution in [0.4, 0.5) is 0 Å². The number of carbonyl (C=O) groups excluding carboxylic acids is 1. The van der Waals surface area contributed by atoms with Crippen molar-refractivity contribution in [2.24, 2.45) is 0 Å². The minimum atomic E-state index is -0.145. The van der Waals surface area contributed by atoms with Crippen LogP contribution in [0.15, 0.2) is 41.1 Å². The molecular weight excluding hydrogens is 366 g/mol. The highest BCUT2D eigenvalue weighted by Crippen LogP contribution is 2.28. The zero-order chi connectivity index (χ0) is 17.9. The molecule has 3 aromatic rings. The van der Waals surface area contributed by atoms with Gasteiger partial charge in [-0.3, -0.25) is 4.79 Å². The van der Waals surface area contributed by atoms with Crippen molar-refractivity contribution in [1.29, 1.82) is 0 Å². The standard InChI is InChI=1S/C20H20ClN3OS/c21-16-5-4-13-9-15(11-23-17-3-1-2-7-22-20(17)25)19(24-18(13)10-16)14-6-8-26-12-14/h4-6,8-10,12,17,23H,1-3,7,11H2,(H,22,25)/t17-/m0/s1. The van der Waals surface area contributed by atoms with Gasteiger partial charge in [-0.05, 0) is 54.5 Å². The third kappa shape index (κ3) is 3.75. The Bertz CT molecular complexity index is 926. The summed E-state index contributed by atoms with van der Waals surface area (Å²) in [6, 6.07) is 9.84. The van der Waals surface area contributed by atoms with Gasteiger partial charge in [0.05, 0.1) is 17.3 Å². The van der Waals surface area contributed by atoms with E-state index in [4.69, 9.17) is 16.6 Å². The first kappa shape index (κ1) is 17.5. The van der Waals surface area contributed by atoms with Gasteiger partial charge >= 0.3 is 0 Å². The summed E-state index contributed by atoms with van der Waals surface area (Å²) in [5, 5.41) is 12.3. The molecule has 6 heteroatoms. The van der Waals surface area contributed by atoms with Crippen LogP contribution in [-0.2, 0) is 11.3 Å². The second-order valence-electron chi connectivity index (χ2n) is 6.57. The first-order chi connectivity index (χ1) is 12.7. The fraction of sp³-hybridized carbons (Fsp3) is 0.300. The summed E-state index contributed by atoms with van der Waals surface area (Å²) >= 11 is 7.79. The second-order valence-corrected chi connectivity index (χ2v) is 7.78. The van der Waals surface area contributed by atoms with Gasteiger partial charge in [0.2, 0.25) is 5.91 Å². The van der Waals surface area contributed by atoms with Crippen LogP contribution in [0.1, 0.15) is 24.8 Å². The van der Waals surface area contributed by atoms with Crippen LogP contribution in [-0.4, -0.2) is 23.5 Å². The lowest BCUT2D eigenvalue weighted by Crippen LogP contribution is -2.42. The largest absolute Gasteiger partial charge is 0.355 e. The van der Waals surface area contributed by atoms with Crippen molar-refractivity contribution in [3.63, 3.8) is 0 Å². The molecule has 26 heavy (non-hydrogen) atoms. The van der Waals surface area contributed by atoms with Crippen molar-refractivity contribution in [3.05, 3.63) is 51.7 Å². The number of benzene rings is 1. The topological polar surface area (TPSA) is 54.0 Å². The van der Waals surface area contributed by atoms with Crippen molar-refractivity contribution >= 4 is 39.7 Å². The fourth-order valence-corrected chi connectivity index (χ4v) is 4.14. The SMILES string of the molecule is O=C1NCCCC[C@@H]1NCc1cc2ccc(Cl)cc2nc1-c1ccsc1. The van der Waals surface area contributed by atoms with Crippen molar-refractivity contribution in [1.82, 2.24) is 15.6 Å². The Morgan fingerprint density at radius 2 is 2.19 bits per heavy atom. The number of rotatable bonds is 4. The third-order valence-electron chi connectivity index (χ3n) is 4.73. The van der Waals surface area contributed by atoms with E-state index in [1.165, 1.54) is 0 Å². The molecule has 1 saturated heterocycles. The third-order valence-corrected chi connectivity index (χ3v) is 5.65. The lowest BCUT2D eigenvalue weighted by atomic mass is 10.0. The van der Waals surface area contributed by atoms with Crippen molar-refractivity contribution in [2.45, 2.75) is 31.8 Å². The lowest BCUT2D eigenvalue weighted by molar-refractivity contribution is -0.122. The summed E-state index contributed by atoms with van der Waals surface area (Å²) in [6.45, 7) is 1.38. The Balaban J connectivity index is 1.67. The molecular formula is C20H20ClN3OS. The molecule has 4 nitrogen and oxygen atoms in total. The highest BCUT2D eigenvalue weighted by atomic mass is 35.5. The zero-order valence-corrected chi connectivity index (χ0v) is 15.9. The van der Waals surface area contributed by atoms with Gasteiger partial charge in [0.1, 0.15) is 0 Å². The highest BCUT2D eigenvalue weighted by molar-refractivity contribution is 7.08. The van der Waals surface area contributed by atoms with E-state index in [0.29, 0.717) is 11.6 Å². The Morgan fingerprint density at radius 1 is 1.27 bits per heavy atom. The monoisotopic (exact) mass is 385 g/mol. The van der Waals surface area contributed by atoms with Gasteiger partial charge in [0.15, 0.2) is 0 Å². The molecule has 2 aromatic heterocycles. The van der Waals surface area contributed by atoms with Crippen LogP contribution in [0.3, 0.4) is 0 Å². The molecule has 0 spiro atoms. The number of hydrogen-bond acceptors (Lipinski definition) is 4. The number of pyridine rings is 1. The number of nitrogens with zero attached hydrogens (tertiary/aromatic N) is 1. The number of carbonyl (C=O) groups is 1. The molecule has 0 aliphatic carbocycles. The molecule has 0 saturated carbocycles. The molecule has 1 aliphatic rings. The van der Waals surface area contributed by atoms with E-state index in [0.717, 1.165) is 53.5 Å². The van der Waals surface area contributed by atoms with Crippen LogP contribution in [0.2, 0.25) is 5.02 Å². The zero-order valence-electron chi connectivity index (χ0n) is 14.3. The molecule has 1 amide bonds. The van der Waals surface area contributed by atoms with E-state index in [-0.39, 0.29) is 11.9 Å². The minimum absolute atomic E-state index is 0.0973. The quantitative estimate of drug-likeness (QED) is 0.700. The summed E-state index contributed by atoms with van der Waals surface area (Å²) in [6.07, 6.45) is 2.97. The Kier molecular flexibility index (Phi) is 5.20. The molecule has 3 heterocycles. The van der Waals surface area contributed by atoms with Gasteiger partial charge in [0.25, 0.3) is 0 Å². The van der Waals surface area contributed by atoms with E-state index in [2.05, 4.69) is 33.5 Å². The number of thiophene rings is 1. The van der Waals surface area contributed by atoms with Gasteiger partial charge in [-0.1, -0.05) is 17.7 Å². The maximum atomic E-state index is 12.2. The average Bonchev–Trinajstić information content (AvgIpc) is 3.09. The van der Waals surface area contributed by atoms with Crippen molar-refractivity contribution in [3.8, 4) is 11.3 Å². The van der Waals surface area contributed by atoms with E-state index >= 15 is 0 Å². The summed E-state index contributed by atoms with van der Waals surface area (Å²) in [5.74, 6) is 0.0973. The molecule has 1 fully saturated rings. The summed E-state index contributed by atoms with van der Waals surface area (Å²) < 4.78 is 0. The summed E-state index contributed by atoms with van der Waals surface area (Å²) in [5.41, 5.74) is 4.02.